The fourth-order valence-corrected chi connectivity index (χ4v) is 3.02. The summed E-state index contributed by atoms with van der Waals surface area (Å²) in [5.41, 5.74) is 3.42. The van der Waals surface area contributed by atoms with E-state index in [1.165, 1.54) is 12.8 Å². The van der Waals surface area contributed by atoms with Crippen LogP contribution in [0.1, 0.15) is 6.42 Å². The number of esters is 1. The van der Waals surface area contributed by atoms with Crippen molar-refractivity contribution in [3.63, 3.8) is 0 Å². The quantitative estimate of drug-likeness (QED) is 0.819. The average molecular weight is 339 g/mol. The van der Waals surface area contributed by atoms with Gasteiger partial charge in [-0.25, -0.2) is 0 Å². The summed E-state index contributed by atoms with van der Waals surface area (Å²) in [7, 11) is 1.44. The summed E-state index contributed by atoms with van der Waals surface area (Å²) in [5, 5.41) is 3.40. The Hall–Kier alpha value is -2.53. The van der Waals surface area contributed by atoms with Crippen LogP contribution >= 0.6 is 0 Å². The molecular weight excluding hydrogens is 314 g/mol. The molecule has 0 spiro atoms. The minimum atomic E-state index is -0.135. The van der Waals surface area contributed by atoms with Gasteiger partial charge in [-0.2, -0.15) is 0 Å². The number of benzene rings is 2. The van der Waals surface area contributed by atoms with Crippen LogP contribution in [0.4, 0.5) is 17.1 Å². The molecule has 1 N–H and O–H groups in total. The smallest absolute Gasteiger partial charge is 0.306 e. The number of rotatable bonds is 6. The van der Waals surface area contributed by atoms with E-state index in [4.69, 9.17) is 4.74 Å². The van der Waals surface area contributed by atoms with E-state index < -0.39 is 0 Å². The summed E-state index contributed by atoms with van der Waals surface area (Å²) >= 11 is 0. The molecule has 5 nitrogen and oxygen atoms in total. The second kappa shape index (κ2) is 8.53. The van der Waals surface area contributed by atoms with Crippen LogP contribution in [0.5, 0.6) is 0 Å². The zero-order chi connectivity index (χ0) is 17.5. The number of nitrogens with one attached hydrogen (secondary N) is 1. The van der Waals surface area contributed by atoms with Crippen LogP contribution in [0.25, 0.3) is 0 Å². The van der Waals surface area contributed by atoms with E-state index in [0.717, 1.165) is 44.1 Å². The molecule has 132 valence electrons. The summed E-state index contributed by atoms with van der Waals surface area (Å²) in [6, 6.07) is 18.7. The van der Waals surface area contributed by atoms with Gasteiger partial charge in [-0.15, -0.1) is 0 Å². The lowest BCUT2D eigenvalue weighted by atomic mass is 10.2. The summed E-state index contributed by atoms with van der Waals surface area (Å²) in [5.74, 6) is -0.135. The van der Waals surface area contributed by atoms with Crippen molar-refractivity contribution in [3.05, 3.63) is 54.6 Å². The van der Waals surface area contributed by atoms with Crippen molar-refractivity contribution < 1.29 is 9.53 Å². The van der Waals surface area contributed by atoms with Crippen molar-refractivity contribution in [1.29, 1.82) is 0 Å². The van der Waals surface area contributed by atoms with Gasteiger partial charge in [0.1, 0.15) is 0 Å². The summed E-state index contributed by atoms with van der Waals surface area (Å²) < 4.78 is 4.70. The van der Waals surface area contributed by atoms with Crippen LogP contribution in [-0.4, -0.2) is 50.7 Å². The normalized spacial score (nSPS) is 15.0. The Bertz CT molecular complexity index is 665. The van der Waals surface area contributed by atoms with Gasteiger partial charge in [-0.1, -0.05) is 18.2 Å². The number of hydrogen-bond donors (Lipinski definition) is 1. The maximum absolute atomic E-state index is 11.2. The highest BCUT2D eigenvalue weighted by atomic mass is 16.5. The average Bonchev–Trinajstić information content (AvgIpc) is 2.68. The molecule has 5 heteroatoms. The first-order chi connectivity index (χ1) is 12.2. The van der Waals surface area contributed by atoms with Crippen LogP contribution in [0, 0.1) is 0 Å². The van der Waals surface area contributed by atoms with E-state index in [9.17, 15) is 4.79 Å². The van der Waals surface area contributed by atoms with E-state index in [0.29, 0.717) is 6.42 Å². The van der Waals surface area contributed by atoms with E-state index in [1.54, 1.807) is 0 Å². The predicted molar refractivity (Wildman–Crippen MR) is 101 cm³/mol. The van der Waals surface area contributed by atoms with Gasteiger partial charge in [-0.3, -0.25) is 9.69 Å². The largest absolute Gasteiger partial charge is 0.469 e. The van der Waals surface area contributed by atoms with E-state index in [2.05, 4.69) is 51.5 Å². The Morgan fingerprint density at radius 3 is 2.24 bits per heavy atom. The third-order valence-electron chi connectivity index (χ3n) is 4.53. The maximum atomic E-state index is 11.2. The molecule has 0 aromatic heterocycles. The number of carbonyl (C=O) groups excluding carboxylic acids is 1. The van der Waals surface area contributed by atoms with Crippen molar-refractivity contribution >= 4 is 23.0 Å². The molecule has 1 aliphatic heterocycles. The van der Waals surface area contributed by atoms with Gasteiger partial charge in [0.2, 0.25) is 0 Å². The first kappa shape index (κ1) is 17.3. The highest BCUT2D eigenvalue weighted by molar-refractivity contribution is 5.69. The molecule has 0 amide bonds. The number of carbonyl (C=O) groups is 1. The Kier molecular flexibility index (Phi) is 5.90. The summed E-state index contributed by atoms with van der Waals surface area (Å²) in [6.07, 6.45) is 0.469. The molecule has 0 atom stereocenters. The van der Waals surface area contributed by atoms with Gasteiger partial charge in [0.25, 0.3) is 0 Å². The highest BCUT2D eigenvalue weighted by Gasteiger charge is 2.17. The number of para-hydroxylation sites is 1. The molecule has 0 aliphatic carbocycles. The van der Waals surface area contributed by atoms with Crippen molar-refractivity contribution in [1.82, 2.24) is 4.90 Å². The second-order valence-electron chi connectivity index (χ2n) is 6.19. The number of anilines is 3. The van der Waals surface area contributed by atoms with Gasteiger partial charge in [0, 0.05) is 49.8 Å². The Morgan fingerprint density at radius 1 is 0.960 bits per heavy atom. The van der Waals surface area contributed by atoms with Crippen LogP contribution in [-0.2, 0) is 9.53 Å². The third kappa shape index (κ3) is 4.97. The van der Waals surface area contributed by atoms with Crippen LogP contribution < -0.4 is 10.2 Å². The van der Waals surface area contributed by atoms with Crippen molar-refractivity contribution in [2.24, 2.45) is 0 Å². The number of ether oxygens (including phenoxy) is 1. The molecule has 0 unspecified atom stereocenters. The first-order valence-corrected chi connectivity index (χ1v) is 8.71. The molecule has 1 saturated heterocycles. The fourth-order valence-electron chi connectivity index (χ4n) is 3.02. The van der Waals surface area contributed by atoms with Crippen LogP contribution in [0.3, 0.4) is 0 Å². The topological polar surface area (TPSA) is 44.8 Å². The molecule has 0 bridgehead atoms. The van der Waals surface area contributed by atoms with E-state index in [1.807, 2.05) is 18.2 Å². The third-order valence-corrected chi connectivity index (χ3v) is 4.53. The second-order valence-corrected chi connectivity index (χ2v) is 6.19. The number of piperazine rings is 1. The Morgan fingerprint density at radius 2 is 1.60 bits per heavy atom. The molecule has 2 aromatic carbocycles. The van der Waals surface area contributed by atoms with Crippen molar-refractivity contribution in [2.75, 3.05) is 50.1 Å². The lowest BCUT2D eigenvalue weighted by Gasteiger charge is -2.36. The molecule has 0 radical (unpaired) electrons. The van der Waals surface area contributed by atoms with Gasteiger partial charge in [0.05, 0.1) is 13.5 Å². The van der Waals surface area contributed by atoms with Crippen molar-refractivity contribution in [2.45, 2.75) is 6.42 Å². The zero-order valence-corrected chi connectivity index (χ0v) is 14.6. The van der Waals surface area contributed by atoms with Gasteiger partial charge in [0.15, 0.2) is 0 Å². The number of nitrogens with zero attached hydrogens (tertiary/aromatic N) is 2. The minimum Gasteiger partial charge on any atom is -0.469 e. The van der Waals surface area contributed by atoms with Gasteiger partial charge >= 0.3 is 5.97 Å². The van der Waals surface area contributed by atoms with E-state index >= 15 is 0 Å². The van der Waals surface area contributed by atoms with Crippen molar-refractivity contribution in [3.8, 4) is 0 Å². The number of methoxy groups -OCH3 is 1. The van der Waals surface area contributed by atoms with Crippen LogP contribution in [0.15, 0.2) is 54.6 Å². The summed E-state index contributed by atoms with van der Waals surface area (Å²) in [4.78, 5) is 15.9. The molecule has 0 saturated carbocycles. The zero-order valence-electron chi connectivity index (χ0n) is 14.6. The van der Waals surface area contributed by atoms with E-state index in [-0.39, 0.29) is 5.97 Å². The molecular formula is C20H25N3O2. The minimum absolute atomic E-state index is 0.135. The predicted octanol–water partition coefficient (Wildman–Crippen LogP) is 3.12. The molecule has 3 rings (SSSR count). The fraction of sp³-hybridized carbons (Fsp3) is 0.350. The SMILES string of the molecule is COC(=O)CCN1CCN(c2ccc(Nc3ccccc3)cc2)CC1. The van der Waals surface area contributed by atoms with Gasteiger partial charge in [-0.05, 0) is 36.4 Å². The highest BCUT2D eigenvalue weighted by Crippen LogP contribution is 2.22. The molecule has 25 heavy (non-hydrogen) atoms. The van der Waals surface area contributed by atoms with Gasteiger partial charge < -0.3 is 15.0 Å². The molecule has 2 aromatic rings. The lowest BCUT2D eigenvalue weighted by Crippen LogP contribution is -2.46. The molecule has 1 heterocycles. The monoisotopic (exact) mass is 339 g/mol. The number of hydrogen-bond acceptors (Lipinski definition) is 5. The Labute approximate surface area is 149 Å². The first-order valence-electron chi connectivity index (χ1n) is 8.71. The molecule has 1 fully saturated rings. The lowest BCUT2D eigenvalue weighted by molar-refractivity contribution is -0.141. The Balaban J connectivity index is 1.49. The van der Waals surface area contributed by atoms with Crippen LogP contribution in [0.2, 0.25) is 0 Å². The molecule has 1 aliphatic rings. The summed E-state index contributed by atoms with van der Waals surface area (Å²) in [6.45, 7) is 4.68. The standard InChI is InChI=1S/C20H25N3O2/c1-25-20(24)11-12-22-13-15-23(16-14-22)19-9-7-18(8-10-19)21-17-5-3-2-4-6-17/h2-10,21H,11-16H2,1H3. The maximum Gasteiger partial charge on any atom is 0.306 e.